The molecule has 1 unspecified atom stereocenters. The second kappa shape index (κ2) is 5.36. The molecule has 0 aromatic carbocycles. The first-order valence-electron chi connectivity index (χ1n) is 6.09. The molecule has 1 N–H and O–H groups in total. The second-order valence-electron chi connectivity index (χ2n) is 4.19. The van der Waals surface area contributed by atoms with E-state index >= 15 is 0 Å². The summed E-state index contributed by atoms with van der Waals surface area (Å²) in [5, 5.41) is 5.44. The van der Waals surface area contributed by atoms with Crippen molar-refractivity contribution in [2.75, 3.05) is 6.54 Å². The molecule has 1 atom stereocenters. The molecule has 98 valence electrons. The summed E-state index contributed by atoms with van der Waals surface area (Å²) in [5.74, 6) is -0.259. The predicted molar refractivity (Wildman–Crippen MR) is 79.4 cm³/mol. The Kier molecular flexibility index (Phi) is 3.59. The number of rotatable bonds is 4. The van der Waals surface area contributed by atoms with Gasteiger partial charge in [-0.15, -0.1) is 22.7 Å². The zero-order valence-electron chi connectivity index (χ0n) is 10.4. The first-order chi connectivity index (χ1) is 9.29. The van der Waals surface area contributed by atoms with Crippen LogP contribution in [0.25, 0.3) is 9.40 Å². The third-order valence-electron chi connectivity index (χ3n) is 2.97. The summed E-state index contributed by atoms with van der Waals surface area (Å²) in [4.78, 5) is 4.96. The van der Waals surface area contributed by atoms with Crippen molar-refractivity contribution in [3.63, 3.8) is 0 Å². The van der Waals surface area contributed by atoms with E-state index in [0.717, 1.165) is 11.4 Å². The number of halogens is 1. The van der Waals surface area contributed by atoms with Crippen molar-refractivity contribution >= 4 is 32.1 Å². The lowest BCUT2D eigenvalue weighted by atomic mass is 10.1. The van der Waals surface area contributed by atoms with E-state index in [1.54, 1.807) is 34.9 Å². The molecule has 3 aromatic heterocycles. The summed E-state index contributed by atoms with van der Waals surface area (Å²) < 4.78 is 16.5. The lowest BCUT2D eigenvalue weighted by Gasteiger charge is -2.17. The van der Waals surface area contributed by atoms with Crippen LogP contribution in [0.1, 0.15) is 23.4 Å². The van der Waals surface area contributed by atoms with E-state index < -0.39 is 0 Å². The Hall–Kier alpha value is -1.30. The average Bonchev–Trinajstić information content (AvgIpc) is 2.97. The zero-order chi connectivity index (χ0) is 13.2. The number of aromatic nitrogens is 1. The van der Waals surface area contributed by atoms with E-state index in [0.29, 0.717) is 5.56 Å². The summed E-state index contributed by atoms with van der Waals surface area (Å²) in [6.45, 7) is 2.82. The quantitative estimate of drug-likeness (QED) is 0.779. The maximum Gasteiger partial charge on any atom is 0.146 e. The maximum absolute atomic E-state index is 13.9. The fourth-order valence-corrected chi connectivity index (χ4v) is 4.33. The molecule has 0 saturated heterocycles. The fraction of sp³-hybridized carbons (Fsp3) is 0.214. The minimum Gasteiger partial charge on any atom is -0.306 e. The lowest BCUT2D eigenvalue weighted by Crippen LogP contribution is -2.22. The van der Waals surface area contributed by atoms with E-state index in [1.807, 2.05) is 6.92 Å². The first kappa shape index (κ1) is 12.7. The van der Waals surface area contributed by atoms with Crippen LogP contribution in [-0.2, 0) is 0 Å². The van der Waals surface area contributed by atoms with Crippen molar-refractivity contribution < 1.29 is 4.39 Å². The highest BCUT2D eigenvalue weighted by Crippen LogP contribution is 2.36. The molecule has 0 bridgehead atoms. The highest BCUT2D eigenvalue weighted by molar-refractivity contribution is 7.27. The van der Waals surface area contributed by atoms with Crippen LogP contribution in [0.15, 0.2) is 36.0 Å². The van der Waals surface area contributed by atoms with Gasteiger partial charge in [-0.3, -0.25) is 4.98 Å². The molecule has 19 heavy (non-hydrogen) atoms. The van der Waals surface area contributed by atoms with Crippen molar-refractivity contribution in [2.24, 2.45) is 0 Å². The van der Waals surface area contributed by atoms with Crippen molar-refractivity contribution in [1.82, 2.24) is 10.3 Å². The summed E-state index contributed by atoms with van der Waals surface area (Å²) in [6.07, 6.45) is 2.91. The molecule has 0 fully saturated rings. The summed E-state index contributed by atoms with van der Waals surface area (Å²) >= 11 is 3.44. The molecule has 0 saturated carbocycles. The monoisotopic (exact) mass is 292 g/mol. The maximum atomic E-state index is 13.9. The van der Waals surface area contributed by atoms with Gasteiger partial charge in [0, 0.05) is 26.0 Å². The largest absolute Gasteiger partial charge is 0.306 e. The molecule has 0 spiro atoms. The number of nitrogens with zero attached hydrogens (tertiary/aromatic N) is 1. The van der Waals surface area contributed by atoms with Gasteiger partial charge in [0.1, 0.15) is 5.82 Å². The number of hydrogen-bond donors (Lipinski definition) is 1. The minimum absolute atomic E-state index is 0.0994. The molecular weight excluding hydrogens is 279 g/mol. The molecule has 0 aliphatic rings. The van der Waals surface area contributed by atoms with Crippen LogP contribution in [-0.4, -0.2) is 11.5 Å². The number of pyridine rings is 1. The van der Waals surface area contributed by atoms with Gasteiger partial charge in [-0.1, -0.05) is 6.92 Å². The van der Waals surface area contributed by atoms with Crippen LogP contribution in [0.4, 0.5) is 4.39 Å². The standard InChI is InChI=1S/C14H13FN2S2/c1-2-17-14(9-3-5-16-8-10(9)15)13-7-12-11(19-13)4-6-18-12/h3-8,14,17H,2H2,1H3. The van der Waals surface area contributed by atoms with Gasteiger partial charge in [-0.25, -0.2) is 4.39 Å². The van der Waals surface area contributed by atoms with Crippen molar-refractivity contribution in [2.45, 2.75) is 13.0 Å². The molecule has 2 nitrogen and oxygen atoms in total. The minimum atomic E-state index is -0.259. The highest BCUT2D eigenvalue weighted by Gasteiger charge is 2.19. The fourth-order valence-electron chi connectivity index (χ4n) is 2.11. The molecule has 5 heteroatoms. The van der Waals surface area contributed by atoms with E-state index in [4.69, 9.17) is 0 Å². The van der Waals surface area contributed by atoms with Crippen LogP contribution >= 0.6 is 22.7 Å². The predicted octanol–water partition coefficient (Wildman–Crippen LogP) is 4.20. The summed E-state index contributed by atoms with van der Waals surface area (Å²) in [5.41, 5.74) is 0.658. The molecule has 3 aromatic rings. The van der Waals surface area contributed by atoms with Crippen molar-refractivity contribution in [1.29, 1.82) is 0 Å². The lowest BCUT2D eigenvalue weighted by molar-refractivity contribution is 0.558. The second-order valence-corrected chi connectivity index (χ2v) is 6.25. The number of hydrogen-bond acceptors (Lipinski definition) is 4. The Morgan fingerprint density at radius 3 is 3.00 bits per heavy atom. The van der Waals surface area contributed by atoms with Gasteiger partial charge in [0.15, 0.2) is 0 Å². The van der Waals surface area contributed by atoms with Crippen LogP contribution in [0.5, 0.6) is 0 Å². The Balaban J connectivity index is 2.06. The van der Waals surface area contributed by atoms with E-state index in [9.17, 15) is 4.39 Å². The topological polar surface area (TPSA) is 24.9 Å². The number of thiophene rings is 2. The summed E-state index contributed by atoms with van der Waals surface area (Å²) in [7, 11) is 0. The normalized spacial score (nSPS) is 12.9. The third kappa shape index (κ3) is 2.41. The summed E-state index contributed by atoms with van der Waals surface area (Å²) in [6, 6.07) is 5.91. The van der Waals surface area contributed by atoms with Crippen LogP contribution in [0, 0.1) is 5.82 Å². The van der Waals surface area contributed by atoms with Crippen LogP contribution in [0.3, 0.4) is 0 Å². The van der Waals surface area contributed by atoms with Gasteiger partial charge < -0.3 is 5.32 Å². The van der Waals surface area contributed by atoms with Gasteiger partial charge in [-0.2, -0.15) is 0 Å². The molecular formula is C14H13FN2S2. The molecule has 0 radical (unpaired) electrons. The Bertz CT molecular complexity index is 661. The smallest absolute Gasteiger partial charge is 0.146 e. The van der Waals surface area contributed by atoms with Crippen LogP contribution in [0.2, 0.25) is 0 Å². The molecule has 3 rings (SSSR count). The van der Waals surface area contributed by atoms with Gasteiger partial charge in [-0.05, 0) is 30.1 Å². The van der Waals surface area contributed by atoms with E-state index in [1.165, 1.54) is 15.6 Å². The van der Waals surface area contributed by atoms with Gasteiger partial charge in [0.2, 0.25) is 0 Å². The Morgan fingerprint density at radius 1 is 1.37 bits per heavy atom. The van der Waals surface area contributed by atoms with Crippen molar-refractivity contribution in [3.8, 4) is 0 Å². The third-order valence-corrected chi connectivity index (χ3v) is 5.12. The van der Waals surface area contributed by atoms with E-state index in [-0.39, 0.29) is 11.9 Å². The molecule has 0 aliphatic heterocycles. The average molecular weight is 292 g/mol. The number of fused-ring (bicyclic) bond motifs is 1. The molecule has 0 aliphatic carbocycles. The molecule has 3 heterocycles. The van der Waals surface area contributed by atoms with Gasteiger partial charge in [0.25, 0.3) is 0 Å². The molecule has 0 amide bonds. The van der Waals surface area contributed by atoms with E-state index in [2.05, 4.69) is 27.8 Å². The van der Waals surface area contributed by atoms with Gasteiger partial charge in [0.05, 0.1) is 12.2 Å². The van der Waals surface area contributed by atoms with Crippen LogP contribution < -0.4 is 5.32 Å². The van der Waals surface area contributed by atoms with Crippen molar-refractivity contribution in [3.05, 3.63) is 52.2 Å². The zero-order valence-corrected chi connectivity index (χ0v) is 12.0. The SMILES string of the molecule is CCNC(c1cc2sccc2s1)c1ccncc1F. The van der Waals surface area contributed by atoms with Gasteiger partial charge >= 0.3 is 0 Å². The highest BCUT2D eigenvalue weighted by atomic mass is 32.1. The first-order valence-corrected chi connectivity index (χ1v) is 7.79. The number of nitrogens with one attached hydrogen (secondary N) is 1. The Labute approximate surface area is 118 Å². The Morgan fingerprint density at radius 2 is 2.26 bits per heavy atom.